The number of pyridine rings is 2. The summed E-state index contributed by atoms with van der Waals surface area (Å²) >= 11 is 0. The van der Waals surface area contributed by atoms with Gasteiger partial charge in [-0.05, 0) is 62.4 Å². The minimum atomic E-state index is -0.710. The highest BCUT2D eigenvalue weighted by Crippen LogP contribution is 2.37. The number of hydrogen-bond acceptors (Lipinski definition) is 4. The molecule has 0 aliphatic carbocycles. The van der Waals surface area contributed by atoms with Gasteiger partial charge in [0.15, 0.2) is 0 Å². The van der Waals surface area contributed by atoms with Crippen LogP contribution in [0.4, 0.5) is 0 Å². The maximum absolute atomic E-state index is 13.6. The zero-order chi connectivity index (χ0) is 23.3. The number of rotatable bonds is 6. The molecule has 0 saturated carbocycles. The van der Waals surface area contributed by atoms with Gasteiger partial charge in [-0.25, -0.2) is 0 Å². The lowest BCUT2D eigenvalue weighted by Gasteiger charge is -2.42. The van der Waals surface area contributed by atoms with Crippen molar-refractivity contribution >= 4 is 11.8 Å². The van der Waals surface area contributed by atoms with E-state index in [0.717, 1.165) is 29.5 Å². The number of benzene rings is 1. The van der Waals surface area contributed by atoms with Crippen LogP contribution in [0.25, 0.3) is 11.1 Å². The highest BCUT2D eigenvalue weighted by Gasteiger charge is 2.44. The van der Waals surface area contributed by atoms with E-state index in [2.05, 4.69) is 27.4 Å². The maximum atomic E-state index is 13.6. The Morgan fingerprint density at radius 1 is 1.03 bits per heavy atom. The number of likely N-dealkylation sites (tertiary alicyclic amines) is 1. The largest absolute Gasteiger partial charge is 0.353 e. The van der Waals surface area contributed by atoms with Crippen molar-refractivity contribution in [3.05, 3.63) is 84.4 Å². The minimum Gasteiger partial charge on any atom is -0.353 e. The lowest BCUT2D eigenvalue weighted by atomic mass is 9.73. The van der Waals surface area contributed by atoms with Crippen molar-refractivity contribution in [1.29, 1.82) is 0 Å². The molecule has 2 aromatic heterocycles. The molecule has 6 heteroatoms. The molecule has 1 N–H and O–H groups in total. The first kappa shape index (κ1) is 22.6. The molecule has 1 fully saturated rings. The van der Waals surface area contributed by atoms with Crippen LogP contribution in [0.15, 0.2) is 73.3 Å². The molecule has 1 aliphatic rings. The van der Waals surface area contributed by atoms with Crippen LogP contribution in [-0.4, -0.2) is 45.8 Å². The third-order valence-corrected chi connectivity index (χ3v) is 6.19. The number of carbonyl (C=O) groups excluding carboxylic acids is 2. The standard InChI is InChI=1S/C27H30N4O2/c1-20(2)30-26(33)27(12-7-15-31(19-27)25(32)23-10-6-14-29-18-23)16-21-8-3-4-11-24(21)22-9-5-13-28-17-22/h3-6,8-11,13-14,17-18,20H,7,12,15-16,19H2,1-2H3,(H,30,33)/t27-/m1/s1. The number of nitrogens with zero attached hydrogens (tertiary/aromatic N) is 3. The third kappa shape index (κ3) is 5.11. The predicted molar refractivity (Wildman–Crippen MR) is 128 cm³/mol. The highest BCUT2D eigenvalue weighted by atomic mass is 16.2. The second-order valence-electron chi connectivity index (χ2n) is 9.06. The topological polar surface area (TPSA) is 75.2 Å². The molecule has 33 heavy (non-hydrogen) atoms. The second kappa shape index (κ2) is 9.94. The molecule has 1 saturated heterocycles. The van der Waals surface area contributed by atoms with E-state index in [-0.39, 0.29) is 17.9 Å². The van der Waals surface area contributed by atoms with Gasteiger partial charge in [-0.2, -0.15) is 0 Å². The number of hydrogen-bond donors (Lipinski definition) is 1. The van der Waals surface area contributed by atoms with Gasteiger partial charge in [0.1, 0.15) is 0 Å². The van der Waals surface area contributed by atoms with Gasteiger partial charge in [0.2, 0.25) is 5.91 Å². The Hall–Kier alpha value is -3.54. The first-order chi connectivity index (χ1) is 16.0. The zero-order valence-electron chi connectivity index (χ0n) is 19.2. The van der Waals surface area contributed by atoms with Crippen LogP contribution in [-0.2, 0) is 11.2 Å². The minimum absolute atomic E-state index is 0.00202. The number of carbonyl (C=O) groups is 2. The van der Waals surface area contributed by atoms with Crippen LogP contribution in [0.5, 0.6) is 0 Å². The molecule has 0 unspecified atom stereocenters. The second-order valence-corrected chi connectivity index (χ2v) is 9.06. The molecule has 0 bridgehead atoms. The molecule has 1 atom stereocenters. The van der Waals surface area contributed by atoms with Crippen molar-refractivity contribution in [2.45, 2.75) is 39.2 Å². The number of aromatic nitrogens is 2. The van der Waals surface area contributed by atoms with Gasteiger partial charge in [-0.1, -0.05) is 30.3 Å². The summed E-state index contributed by atoms with van der Waals surface area (Å²) in [5.74, 6) is -0.0766. The van der Waals surface area contributed by atoms with E-state index in [1.807, 2.05) is 49.2 Å². The lowest BCUT2D eigenvalue weighted by Crippen LogP contribution is -2.55. The van der Waals surface area contributed by atoms with E-state index >= 15 is 0 Å². The third-order valence-electron chi connectivity index (χ3n) is 6.19. The summed E-state index contributed by atoms with van der Waals surface area (Å²) in [5.41, 5.74) is 3.01. The molecule has 0 radical (unpaired) electrons. The average molecular weight is 443 g/mol. The van der Waals surface area contributed by atoms with Crippen LogP contribution < -0.4 is 5.32 Å². The number of piperidine rings is 1. The molecule has 6 nitrogen and oxygen atoms in total. The fraction of sp³-hybridized carbons (Fsp3) is 0.333. The van der Waals surface area contributed by atoms with Gasteiger partial charge in [-0.15, -0.1) is 0 Å². The molecule has 1 aromatic carbocycles. The maximum Gasteiger partial charge on any atom is 0.255 e. The van der Waals surface area contributed by atoms with E-state index in [4.69, 9.17) is 0 Å². The molecule has 4 rings (SSSR count). The zero-order valence-corrected chi connectivity index (χ0v) is 19.2. The van der Waals surface area contributed by atoms with Crippen molar-refractivity contribution in [2.75, 3.05) is 13.1 Å². The number of nitrogens with one attached hydrogen (secondary N) is 1. The molecule has 3 aromatic rings. The molecule has 170 valence electrons. The Morgan fingerprint density at radius 3 is 2.48 bits per heavy atom. The SMILES string of the molecule is CC(C)NC(=O)[C@@]1(Cc2ccccc2-c2cccnc2)CCCN(C(=O)c2cccnc2)C1. The predicted octanol–water partition coefficient (Wildman–Crippen LogP) is 4.13. The van der Waals surface area contributed by atoms with Gasteiger partial charge >= 0.3 is 0 Å². The summed E-state index contributed by atoms with van der Waals surface area (Å²) in [6, 6.07) is 15.7. The smallest absolute Gasteiger partial charge is 0.255 e. The lowest BCUT2D eigenvalue weighted by molar-refractivity contribution is -0.134. The first-order valence-electron chi connectivity index (χ1n) is 11.5. The van der Waals surface area contributed by atoms with E-state index < -0.39 is 5.41 Å². The molecule has 3 heterocycles. The summed E-state index contributed by atoms with van der Waals surface area (Å²) in [6.45, 7) is 4.95. The van der Waals surface area contributed by atoms with E-state index in [0.29, 0.717) is 25.1 Å². The molecule has 1 aliphatic heterocycles. The summed E-state index contributed by atoms with van der Waals surface area (Å²) in [4.78, 5) is 37.0. The summed E-state index contributed by atoms with van der Waals surface area (Å²) in [6.07, 6.45) is 8.89. The van der Waals surface area contributed by atoms with E-state index in [1.165, 1.54) is 0 Å². The van der Waals surface area contributed by atoms with Crippen LogP contribution in [0.3, 0.4) is 0 Å². The van der Waals surface area contributed by atoms with Gasteiger partial charge in [-0.3, -0.25) is 19.6 Å². The highest BCUT2D eigenvalue weighted by molar-refractivity contribution is 5.95. The van der Waals surface area contributed by atoms with Crippen molar-refractivity contribution in [2.24, 2.45) is 5.41 Å². The Bertz CT molecular complexity index is 1100. The summed E-state index contributed by atoms with van der Waals surface area (Å²) in [5, 5.41) is 3.13. The Balaban J connectivity index is 1.69. The average Bonchev–Trinajstić information content (AvgIpc) is 2.85. The van der Waals surface area contributed by atoms with Gasteiger partial charge in [0, 0.05) is 49.5 Å². The van der Waals surface area contributed by atoms with Crippen LogP contribution in [0, 0.1) is 5.41 Å². The molecule has 0 spiro atoms. The van der Waals surface area contributed by atoms with Crippen LogP contribution in [0.2, 0.25) is 0 Å². The quantitative estimate of drug-likeness (QED) is 0.623. The molecular weight excluding hydrogens is 412 g/mol. The summed E-state index contributed by atoms with van der Waals surface area (Å²) < 4.78 is 0. The van der Waals surface area contributed by atoms with Gasteiger partial charge in [0.25, 0.3) is 5.91 Å². The van der Waals surface area contributed by atoms with Gasteiger partial charge in [0.05, 0.1) is 11.0 Å². The van der Waals surface area contributed by atoms with Crippen molar-refractivity contribution in [3.63, 3.8) is 0 Å². The Morgan fingerprint density at radius 2 is 1.79 bits per heavy atom. The molecular formula is C27H30N4O2. The fourth-order valence-corrected chi connectivity index (χ4v) is 4.64. The van der Waals surface area contributed by atoms with Crippen molar-refractivity contribution in [3.8, 4) is 11.1 Å². The van der Waals surface area contributed by atoms with Gasteiger partial charge < -0.3 is 10.2 Å². The van der Waals surface area contributed by atoms with Crippen molar-refractivity contribution < 1.29 is 9.59 Å². The Kier molecular flexibility index (Phi) is 6.82. The summed E-state index contributed by atoms with van der Waals surface area (Å²) in [7, 11) is 0. The van der Waals surface area contributed by atoms with E-state index in [1.54, 1.807) is 30.7 Å². The normalized spacial score (nSPS) is 18.2. The first-order valence-corrected chi connectivity index (χ1v) is 11.5. The molecule has 2 amide bonds. The Labute approximate surface area is 195 Å². The van der Waals surface area contributed by atoms with Crippen LogP contribution >= 0.6 is 0 Å². The van der Waals surface area contributed by atoms with E-state index in [9.17, 15) is 9.59 Å². The monoisotopic (exact) mass is 442 g/mol. The van der Waals surface area contributed by atoms with Crippen LogP contribution in [0.1, 0.15) is 42.6 Å². The number of amides is 2. The fourth-order valence-electron chi connectivity index (χ4n) is 4.64. The van der Waals surface area contributed by atoms with Crippen molar-refractivity contribution in [1.82, 2.24) is 20.2 Å².